The molecule has 0 amide bonds. The minimum Gasteiger partial charge on any atom is -0.285 e. The van der Waals surface area contributed by atoms with E-state index in [1.807, 2.05) is 0 Å². The van der Waals surface area contributed by atoms with E-state index in [4.69, 9.17) is 4.18 Å². The molecule has 1 radical (unpaired) electrons. The Hall–Kier alpha value is 1.36. The highest BCUT2D eigenvalue weighted by Gasteiger charge is 2.00. The molecule has 1 rings (SSSR count). The zero-order valence-corrected chi connectivity index (χ0v) is 5.88. The Kier molecular flexibility index (Phi) is 3.09. The van der Waals surface area contributed by atoms with Gasteiger partial charge in [0.2, 0.25) is 0 Å². The largest absolute Gasteiger partial charge is 0.285 e. The Morgan fingerprint density at radius 2 is 2.33 bits per heavy atom. The highest BCUT2D eigenvalue weighted by atomic mass is 33.7. The Bertz CT molecular complexity index is 23.0. The lowest BCUT2D eigenvalue weighted by atomic mass is 11.7. The van der Waals surface area contributed by atoms with Crippen LogP contribution in [-0.2, 0) is 4.18 Å². The van der Waals surface area contributed by atoms with Crippen LogP contribution in [0.15, 0.2) is 0 Å². The van der Waals surface area contributed by atoms with Crippen molar-refractivity contribution < 1.29 is 4.18 Å². The van der Waals surface area contributed by atoms with Gasteiger partial charge in [-0.15, -0.1) is 0 Å². The van der Waals surface area contributed by atoms with Crippen LogP contribution in [0.5, 0.6) is 0 Å². The van der Waals surface area contributed by atoms with Crippen LogP contribution in [-0.4, -0.2) is 0 Å². The van der Waals surface area contributed by atoms with Crippen LogP contribution in [0.3, 0.4) is 0 Å². The number of hydrogen-bond donors (Lipinski definition) is 0. The van der Waals surface area contributed by atoms with E-state index in [1.54, 1.807) is 36.4 Å². The van der Waals surface area contributed by atoms with Gasteiger partial charge in [0.15, 0.2) is 5.94 Å². The minimum atomic E-state index is 1.40. The molecule has 1 aliphatic heterocycles. The fourth-order valence-corrected chi connectivity index (χ4v) is 3.95. The third-order valence-electron chi connectivity index (χ3n) is 0.213. The van der Waals surface area contributed by atoms with E-state index in [-0.39, 0.29) is 0 Å². The van der Waals surface area contributed by atoms with E-state index in [9.17, 15) is 0 Å². The first kappa shape index (κ1) is 5.50. The van der Waals surface area contributed by atoms with Gasteiger partial charge in [-0.05, 0) is 20.6 Å². The van der Waals surface area contributed by atoms with E-state index in [0.29, 0.717) is 0 Å². The Morgan fingerprint density at radius 1 is 1.33 bits per heavy atom. The van der Waals surface area contributed by atoms with Gasteiger partial charge in [0, 0.05) is 9.83 Å². The third kappa shape index (κ3) is 1.88. The molecule has 5 heteroatoms. The Labute approximate surface area is 51.7 Å². The average molecular weight is 157 g/mol. The van der Waals surface area contributed by atoms with Crippen LogP contribution in [0.1, 0.15) is 0 Å². The molecule has 0 bridgehead atoms. The van der Waals surface area contributed by atoms with Crippen molar-refractivity contribution in [3.8, 4) is 0 Å². The molecule has 0 aromatic rings. The molecule has 0 saturated carbocycles. The summed E-state index contributed by atoms with van der Waals surface area (Å²) in [4.78, 5) is 0. The van der Waals surface area contributed by atoms with Crippen LogP contribution in [0.25, 0.3) is 0 Å². The zero-order chi connectivity index (χ0) is 4.24. The van der Waals surface area contributed by atoms with Gasteiger partial charge in [-0.3, -0.25) is 4.18 Å². The quantitative estimate of drug-likeness (QED) is 0.394. The van der Waals surface area contributed by atoms with Crippen molar-refractivity contribution >= 4 is 41.5 Å². The van der Waals surface area contributed by atoms with Crippen molar-refractivity contribution in [2.75, 3.05) is 0 Å². The summed E-state index contributed by atoms with van der Waals surface area (Å²) in [6.45, 7) is 0. The SMILES string of the molecule is [CH]1OSSSS1. The van der Waals surface area contributed by atoms with Gasteiger partial charge in [-0.1, -0.05) is 0 Å². The standard InChI is InChI=1S/CHOS4/c1-2-4-6-5-3-1/h1H. The van der Waals surface area contributed by atoms with Crippen LogP contribution >= 0.6 is 41.5 Å². The summed E-state index contributed by atoms with van der Waals surface area (Å²) in [5, 5.41) is 0. The highest BCUT2D eigenvalue weighted by molar-refractivity contribution is 9.26. The first-order chi connectivity index (χ1) is 3.00. The second-order valence-corrected chi connectivity index (χ2v) is 5.73. The molecule has 1 saturated heterocycles. The highest BCUT2D eigenvalue weighted by Crippen LogP contribution is 2.50. The van der Waals surface area contributed by atoms with Crippen molar-refractivity contribution in [1.82, 2.24) is 0 Å². The molecule has 0 aromatic heterocycles. The average Bonchev–Trinajstić information content (AvgIpc) is 1.72. The van der Waals surface area contributed by atoms with Crippen LogP contribution in [0.4, 0.5) is 0 Å². The zero-order valence-electron chi connectivity index (χ0n) is 2.62. The molecule has 0 spiro atoms. The molecule has 0 unspecified atom stereocenters. The normalized spacial score (nSPS) is 24.0. The van der Waals surface area contributed by atoms with Gasteiger partial charge in [0.1, 0.15) is 0 Å². The Morgan fingerprint density at radius 3 is 2.50 bits per heavy atom. The lowest BCUT2D eigenvalue weighted by Crippen LogP contribution is -1.65. The van der Waals surface area contributed by atoms with E-state index in [0.717, 1.165) is 0 Å². The molecular formula is CHOS4. The lowest BCUT2D eigenvalue weighted by Gasteiger charge is -2.02. The second-order valence-electron chi connectivity index (χ2n) is 0.493. The van der Waals surface area contributed by atoms with Crippen LogP contribution in [0.2, 0.25) is 0 Å². The van der Waals surface area contributed by atoms with E-state index in [1.165, 1.54) is 11.1 Å². The topological polar surface area (TPSA) is 9.23 Å². The molecule has 0 aromatic carbocycles. The lowest BCUT2D eigenvalue weighted by molar-refractivity contribution is 0.548. The first-order valence-electron chi connectivity index (χ1n) is 1.14. The van der Waals surface area contributed by atoms with Crippen molar-refractivity contribution in [2.24, 2.45) is 0 Å². The van der Waals surface area contributed by atoms with Gasteiger partial charge in [-0.25, -0.2) is 0 Å². The van der Waals surface area contributed by atoms with Crippen molar-refractivity contribution in [3.63, 3.8) is 0 Å². The van der Waals surface area contributed by atoms with E-state index < -0.39 is 0 Å². The fourth-order valence-electron chi connectivity index (χ4n) is 0.0915. The predicted molar refractivity (Wildman–Crippen MR) is 35.7 cm³/mol. The summed E-state index contributed by atoms with van der Waals surface area (Å²) in [5.74, 6) is 1.71. The molecule has 0 aliphatic carbocycles. The maximum absolute atomic E-state index is 4.77. The molecular weight excluding hydrogens is 156 g/mol. The van der Waals surface area contributed by atoms with Gasteiger partial charge >= 0.3 is 0 Å². The van der Waals surface area contributed by atoms with Gasteiger partial charge < -0.3 is 0 Å². The maximum Gasteiger partial charge on any atom is 0.167 e. The summed E-state index contributed by atoms with van der Waals surface area (Å²) in [6.07, 6.45) is 0. The van der Waals surface area contributed by atoms with Crippen LogP contribution < -0.4 is 0 Å². The Balaban J connectivity index is 2.00. The molecule has 0 atom stereocenters. The molecule has 1 aliphatic rings. The van der Waals surface area contributed by atoms with E-state index in [2.05, 4.69) is 0 Å². The smallest absolute Gasteiger partial charge is 0.167 e. The van der Waals surface area contributed by atoms with Crippen molar-refractivity contribution in [1.29, 1.82) is 0 Å². The first-order valence-corrected chi connectivity index (χ1v) is 5.94. The predicted octanol–water partition coefficient (Wildman–Crippen LogP) is 2.73. The molecule has 35 valence electrons. The second kappa shape index (κ2) is 3.37. The van der Waals surface area contributed by atoms with Crippen molar-refractivity contribution in [2.45, 2.75) is 0 Å². The summed E-state index contributed by atoms with van der Waals surface area (Å²) < 4.78 is 4.77. The fraction of sp³-hybridized carbons (Fsp3) is 0. The summed E-state index contributed by atoms with van der Waals surface area (Å²) in [5.41, 5.74) is 0. The van der Waals surface area contributed by atoms with Crippen molar-refractivity contribution in [3.05, 3.63) is 5.94 Å². The minimum absolute atomic E-state index is 1.40. The third-order valence-corrected chi connectivity index (χ3v) is 5.12. The van der Waals surface area contributed by atoms with Crippen LogP contribution in [0, 0.1) is 5.94 Å². The number of hydrogen-bond acceptors (Lipinski definition) is 5. The summed E-state index contributed by atoms with van der Waals surface area (Å²) in [6, 6.07) is 0. The summed E-state index contributed by atoms with van der Waals surface area (Å²) in [7, 11) is 4.95. The monoisotopic (exact) mass is 157 g/mol. The summed E-state index contributed by atoms with van der Waals surface area (Å²) >= 11 is 1.40. The molecule has 6 heavy (non-hydrogen) atoms. The van der Waals surface area contributed by atoms with Gasteiger partial charge in [0.25, 0.3) is 0 Å². The maximum atomic E-state index is 4.77. The molecule has 1 heterocycles. The van der Waals surface area contributed by atoms with Gasteiger partial charge in [0.05, 0.1) is 11.1 Å². The molecule has 0 N–H and O–H groups in total. The number of rotatable bonds is 0. The molecule has 1 fully saturated rings. The van der Waals surface area contributed by atoms with E-state index >= 15 is 0 Å². The van der Waals surface area contributed by atoms with Gasteiger partial charge in [-0.2, -0.15) is 0 Å². The molecule has 1 nitrogen and oxygen atoms in total.